The largest absolute Gasteiger partial charge is 0.294 e. The van der Waals surface area contributed by atoms with Gasteiger partial charge in [-0.3, -0.25) is 9.78 Å². The summed E-state index contributed by atoms with van der Waals surface area (Å²) in [6.45, 7) is 4.23. The van der Waals surface area contributed by atoms with Crippen molar-refractivity contribution in [2.45, 2.75) is 32.6 Å². The molecule has 2 nitrogen and oxygen atoms in total. The molecular formula is C11H13NO. The second-order valence-electron chi connectivity index (χ2n) is 3.81. The summed E-state index contributed by atoms with van der Waals surface area (Å²) >= 11 is 0. The van der Waals surface area contributed by atoms with Crippen LogP contribution in [0.4, 0.5) is 0 Å². The number of carbonyl (C=O) groups is 1. The van der Waals surface area contributed by atoms with Gasteiger partial charge in [-0.1, -0.05) is 13.8 Å². The maximum atomic E-state index is 11.3. The predicted molar refractivity (Wildman–Crippen MR) is 51.0 cm³/mol. The first-order valence-electron chi connectivity index (χ1n) is 4.71. The van der Waals surface area contributed by atoms with Gasteiger partial charge in [-0.15, -0.1) is 0 Å². The second-order valence-corrected chi connectivity index (χ2v) is 3.81. The molecule has 0 fully saturated rings. The Hall–Kier alpha value is -1.18. The number of nitrogens with zero attached hydrogens (tertiary/aromatic N) is 1. The van der Waals surface area contributed by atoms with Crippen molar-refractivity contribution in [3.63, 3.8) is 0 Å². The van der Waals surface area contributed by atoms with Gasteiger partial charge in [-0.05, 0) is 24.5 Å². The maximum Gasteiger partial charge on any atom is 0.165 e. The van der Waals surface area contributed by atoms with E-state index in [9.17, 15) is 4.79 Å². The summed E-state index contributed by atoms with van der Waals surface area (Å²) in [6, 6.07) is 3.89. The van der Waals surface area contributed by atoms with E-state index in [-0.39, 0.29) is 5.78 Å². The molecule has 1 aromatic heterocycles. The average Bonchev–Trinajstić information content (AvgIpc) is 2.47. The molecule has 2 rings (SSSR count). The van der Waals surface area contributed by atoms with Crippen LogP contribution in [0.15, 0.2) is 12.1 Å². The summed E-state index contributed by atoms with van der Waals surface area (Å²) in [4.78, 5) is 15.8. The number of fused-ring (bicyclic) bond motifs is 1. The summed E-state index contributed by atoms with van der Waals surface area (Å²) in [5, 5.41) is 0. The number of hydrogen-bond donors (Lipinski definition) is 0. The topological polar surface area (TPSA) is 30.0 Å². The van der Waals surface area contributed by atoms with Gasteiger partial charge < -0.3 is 0 Å². The van der Waals surface area contributed by atoms with E-state index < -0.39 is 0 Å². The van der Waals surface area contributed by atoms with Crippen molar-refractivity contribution in [1.29, 1.82) is 0 Å². The molecule has 0 atom stereocenters. The molecule has 0 saturated heterocycles. The standard InChI is InChI=1S/C11H13NO/c1-7(2)9-4-3-8-10(12-9)5-6-11(8)13/h3-4,7H,5-6H2,1-2H3. The third-order valence-electron chi connectivity index (χ3n) is 2.48. The molecule has 0 unspecified atom stereocenters. The van der Waals surface area contributed by atoms with E-state index in [1.165, 1.54) is 0 Å². The van der Waals surface area contributed by atoms with E-state index in [0.29, 0.717) is 12.3 Å². The van der Waals surface area contributed by atoms with Gasteiger partial charge in [0, 0.05) is 17.7 Å². The predicted octanol–water partition coefficient (Wildman–Crippen LogP) is 2.33. The van der Waals surface area contributed by atoms with Crippen molar-refractivity contribution >= 4 is 5.78 Å². The first-order chi connectivity index (χ1) is 6.18. The highest BCUT2D eigenvalue weighted by Gasteiger charge is 2.20. The number of aryl methyl sites for hydroxylation is 1. The summed E-state index contributed by atoms with van der Waals surface area (Å²) in [6.07, 6.45) is 1.47. The lowest BCUT2D eigenvalue weighted by atomic mass is 10.1. The Morgan fingerprint density at radius 1 is 1.31 bits per heavy atom. The molecule has 1 heterocycles. The maximum absolute atomic E-state index is 11.3. The van der Waals surface area contributed by atoms with E-state index in [2.05, 4.69) is 18.8 Å². The minimum absolute atomic E-state index is 0.248. The number of ketones is 1. The van der Waals surface area contributed by atoms with Crippen LogP contribution >= 0.6 is 0 Å². The van der Waals surface area contributed by atoms with Gasteiger partial charge in [0.1, 0.15) is 0 Å². The van der Waals surface area contributed by atoms with Gasteiger partial charge in [0.05, 0.1) is 5.69 Å². The molecular weight excluding hydrogens is 162 g/mol. The highest BCUT2D eigenvalue weighted by Crippen LogP contribution is 2.22. The number of aromatic nitrogens is 1. The highest BCUT2D eigenvalue weighted by molar-refractivity contribution is 5.99. The quantitative estimate of drug-likeness (QED) is 0.655. The highest BCUT2D eigenvalue weighted by atomic mass is 16.1. The number of carbonyl (C=O) groups excluding carboxylic acids is 1. The first-order valence-corrected chi connectivity index (χ1v) is 4.71. The summed E-state index contributed by atoms with van der Waals surface area (Å²) in [7, 11) is 0. The van der Waals surface area contributed by atoms with E-state index in [1.54, 1.807) is 0 Å². The monoisotopic (exact) mass is 175 g/mol. The van der Waals surface area contributed by atoms with E-state index in [1.807, 2.05) is 12.1 Å². The molecule has 0 amide bonds. The summed E-state index contributed by atoms with van der Waals surface area (Å²) in [5.74, 6) is 0.693. The van der Waals surface area contributed by atoms with Crippen molar-refractivity contribution in [2.75, 3.05) is 0 Å². The lowest BCUT2D eigenvalue weighted by molar-refractivity contribution is 0.0994. The lowest BCUT2D eigenvalue weighted by Crippen LogP contribution is -1.98. The van der Waals surface area contributed by atoms with Crippen molar-refractivity contribution in [2.24, 2.45) is 0 Å². The fourth-order valence-electron chi connectivity index (χ4n) is 1.65. The number of Topliss-reactive ketones (excluding diaryl/α,β-unsaturated/α-hetero) is 1. The fraction of sp³-hybridized carbons (Fsp3) is 0.455. The van der Waals surface area contributed by atoms with Gasteiger partial charge in [-0.25, -0.2) is 0 Å². The van der Waals surface area contributed by atoms with Crippen molar-refractivity contribution in [1.82, 2.24) is 4.98 Å². The Morgan fingerprint density at radius 3 is 2.77 bits per heavy atom. The molecule has 0 radical (unpaired) electrons. The van der Waals surface area contributed by atoms with Gasteiger partial charge >= 0.3 is 0 Å². The van der Waals surface area contributed by atoms with Crippen molar-refractivity contribution in [3.05, 3.63) is 29.1 Å². The molecule has 0 aromatic carbocycles. The van der Waals surface area contributed by atoms with Crippen molar-refractivity contribution < 1.29 is 4.79 Å². The minimum Gasteiger partial charge on any atom is -0.294 e. The molecule has 0 spiro atoms. The third kappa shape index (κ3) is 1.37. The van der Waals surface area contributed by atoms with Crippen LogP contribution in [0, 0.1) is 0 Å². The Balaban J connectivity index is 2.45. The van der Waals surface area contributed by atoms with Gasteiger partial charge in [-0.2, -0.15) is 0 Å². The summed E-state index contributed by atoms with van der Waals surface area (Å²) < 4.78 is 0. The molecule has 13 heavy (non-hydrogen) atoms. The molecule has 0 bridgehead atoms. The van der Waals surface area contributed by atoms with E-state index in [0.717, 1.165) is 23.4 Å². The summed E-state index contributed by atoms with van der Waals surface area (Å²) in [5.41, 5.74) is 2.93. The molecule has 1 aliphatic carbocycles. The lowest BCUT2D eigenvalue weighted by Gasteiger charge is -2.05. The number of hydrogen-bond acceptors (Lipinski definition) is 2. The van der Waals surface area contributed by atoms with Gasteiger partial charge in [0.25, 0.3) is 0 Å². The molecule has 1 aliphatic rings. The molecule has 68 valence electrons. The minimum atomic E-state index is 0.248. The van der Waals surface area contributed by atoms with Crippen LogP contribution in [0.2, 0.25) is 0 Å². The Labute approximate surface area is 78.0 Å². The van der Waals surface area contributed by atoms with Crippen LogP contribution in [0.25, 0.3) is 0 Å². The molecule has 0 aliphatic heterocycles. The van der Waals surface area contributed by atoms with E-state index >= 15 is 0 Å². The van der Waals surface area contributed by atoms with Crippen LogP contribution in [0.3, 0.4) is 0 Å². The number of pyridine rings is 1. The first kappa shape index (κ1) is 8.42. The Bertz CT molecular complexity index is 355. The zero-order valence-corrected chi connectivity index (χ0v) is 8.00. The van der Waals surface area contributed by atoms with Crippen LogP contribution in [0.5, 0.6) is 0 Å². The fourth-order valence-corrected chi connectivity index (χ4v) is 1.65. The van der Waals surface area contributed by atoms with Gasteiger partial charge in [0.2, 0.25) is 0 Å². The van der Waals surface area contributed by atoms with Crippen molar-refractivity contribution in [3.8, 4) is 0 Å². The van der Waals surface area contributed by atoms with Crippen LogP contribution in [-0.4, -0.2) is 10.8 Å². The Kier molecular flexibility index (Phi) is 1.91. The molecule has 2 heteroatoms. The number of rotatable bonds is 1. The van der Waals surface area contributed by atoms with Crippen LogP contribution in [0.1, 0.15) is 47.9 Å². The Morgan fingerprint density at radius 2 is 2.08 bits per heavy atom. The average molecular weight is 175 g/mol. The molecule has 1 aromatic rings. The SMILES string of the molecule is CC(C)c1ccc2c(n1)CCC2=O. The second kappa shape index (κ2) is 2.95. The normalized spacial score (nSPS) is 15.2. The van der Waals surface area contributed by atoms with E-state index in [4.69, 9.17) is 0 Å². The third-order valence-corrected chi connectivity index (χ3v) is 2.48. The zero-order chi connectivity index (χ0) is 9.42. The van der Waals surface area contributed by atoms with Gasteiger partial charge in [0.15, 0.2) is 5.78 Å². The molecule has 0 N–H and O–H groups in total. The van der Waals surface area contributed by atoms with Crippen LogP contribution < -0.4 is 0 Å². The molecule has 0 saturated carbocycles. The zero-order valence-electron chi connectivity index (χ0n) is 8.00. The smallest absolute Gasteiger partial charge is 0.165 e. The van der Waals surface area contributed by atoms with Crippen LogP contribution in [-0.2, 0) is 6.42 Å².